The van der Waals surface area contributed by atoms with Crippen LogP contribution in [0.5, 0.6) is 5.75 Å². The number of ether oxygens (including phenoxy) is 1. The molecule has 3 aromatic carbocycles. The number of benzene rings is 3. The molecule has 0 aliphatic heterocycles. The first kappa shape index (κ1) is 21.1. The number of amides is 1. The van der Waals surface area contributed by atoms with Crippen LogP contribution in [-0.2, 0) is 22.6 Å². The van der Waals surface area contributed by atoms with E-state index < -0.39 is 5.97 Å². The van der Waals surface area contributed by atoms with Gasteiger partial charge >= 0.3 is 5.97 Å². The van der Waals surface area contributed by atoms with Gasteiger partial charge in [-0.1, -0.05) is 42.5 Å². The highest BCUT2D eigenvalue weighted by Gasteiger charge is 2.11. The number of carboxylic acids is 1. The van der Waals surface area contributed by atoms with Crippen molar-refractivity contribution in [2.45, 2.75) is 19.4 Å². The maximum absolute atomic E-state index is 12.5. The van der Waals surface area contributed by atoms with Gasteiger partial charge in [0.15, 0.2) is 6.61 Å². The Morgan fingerprint density at radius 2 is 1.84 bits per heavy atom. The smallest absolute Gasteiger partial charge is 0.303 e. The van der Waals surface area contributed by atoms with Gasteiger partial charge in [-0.05, 0) is 52.6 Å². The maximum Gasteiger partial charge on any atom is 0.303 e. The first-order chi connectivity index (χ1) is 15.6. The fourth-order valence-electron chi connectivity index (χ4n) is 3.47. The van der Waals surface area contributed by atoms with Crippen molar-refractivity contribution in [1.29, 1.82) is 0 Å². The summed E-state index contributed by atoms with van der Waals surface area (Å²) in [5.74, 6) is -0.669. The van der Waals surface area contributed by atoms with Gasteiger partial charge in [-0.2, -0.15) is 5.10 Å². The number of aliphatic carboxylic acids is 1. The molecule has 1 heterocycles. The summed E-state index contributed by atoms with van der Waals surface area (Å²) in [6, 6.07) is 21.1. The second-order valence-corrected chi connectivity index (χ2v) is 7.44. The molecule has 0 radical (unpaired) electrons. The summed E-state index contributed by atoms with van der Waals surface area (Å²) in [6.07, 6.45) is 3.86. The van der Waals surface area contributed by atoms with E-state index in [0.717, 1.165) is 21.9 Å². The van der Waals surface area contributed by atoms with Gasteiger partial charge in [-0.3, -0.25) is 14.3 Å². The predicted molar refractivity (Wildman–Crippen MR) is 122 cm³/mol. The van der Waals surface area contributed by atoms with Crippen LogP contribution in [0.4, 0.5) is 5.69 Å². The van der Waals surface area contributed by atoms with Crippen molar-refractivity contribution in [3.63, 3.8) is 0 Å². The molecule has 162 valence electrons. The Morgan fingerprint density at radius 3 is 2.62 bits per heavy atom. The molecule has 0 aliphatic carbocycles. The highest BCUT2D eigenvalue weighted by Crippen LogP contribution is 2.23. The van der Waals surface area contributed by atoms with Crippen LogP contribution < -0.4 is 10.1 Å². The summed E-state index contributed by atoms with van der Waals surface area (Å²) < 4.78 is 7.60. The van der Waals surface area contributed by atoms with Gasteiger partial charge in [0.25, 0.3) is 5.91 Å². The lowest BCUT2D eigenvalue weighted by atomic mass is 10.1. The van der Waals surface area contributed by atoms with Crippen LogP contribution in [0.25, 0.3) is 10.8 Å². The SMILES string of the molecule is O=C(O)CCc1ccc(Cn2cccn2)cc1OCC(=O)Nc1ccc2ccccc2c1. The van der Waals surface area contributed by atoms with Crippen molar-refractivity contribution in [2.24, 2.45) is 0 Å². The maximum atomic E-state index is 12.5. The zero-order chi connectivity index (χ0) is 22.3. The highest BCUT2D eigenvalue weighted by atomic mass is 16.5. The molecule has 0 saturated carbocycles. The number of hydrogen-bond acceptors (Lipinski definition) is 4. The normalized spacial score (nSPS) is 10.8. The quantitative estimate of drug-likeness (QED) is 0.417. The number of aryl methyl sites for hydroxylation is 1. The second-order valence-electron chi connectivity index (χ2n) is 7.44. The van der Waals surface area contributed by atoms with Crippen LogP contribution in [-0.4, -0.2) is 33.4 Å². The van der Waals surface area contributed by atoms with E-state index in [2.05, 4.69) is 10.4 Å². The molecule has 0 aliphatic rings. The standard InChI is InChI=1S/C25H23N3O4/c29-24(27-22-10-8-19-4-1-2-5-21(19)15-22)17-32-23-14-18(16-28-13-3-12-26-28)6-7-20(23)9-11-25(30)31/h1-8,10,12-15H,9,11,16-17H2,(H,27,29)(H,30,31). The first-order valence-electron chi connectivity index (χ1n) is 10.3. The molecule has 1 amide bonds. The number of nitrogens with zero attached hydrogens (tertiary/aromatic N) is 2. The van der Waals surface area contributed by atoms with E-state index >= 15 is 0 Å². The molecule has 1 aromatic heterocycles. The van der Waals surface area contributed by atoms with Crippen LogP contribution in [0.3, 0.4) is 0 Å². The number of fused-ring (bicyclic) bond motifs is 1. The summed E-state index contributed by atoms with van der Waals surface area (Å²) in [5.41, 5.74) is 2.38. The lowest BCUT2D eigenvalue weighted by Crippen LogP contribution is -2.20. The zero-order valence-electron chi connectivity index (χ0n) is 17.4. The summed E-state index contributed by atoms with van der Waals surface area (Å²) in [5, 5.41) is 18.2. The predicted octanol–water partition coefficient (Wildman–Crippen LogP) is 4.12. The van der Waals surface area contributed by atoms with Crippen LogP contribution in [0, 0.1) is 0 Å². The van der Waals surface area contributed by atoms with Crippen LogP contribution in [0.15, 0.2) is 79.1 Å². The molecule has 7 nitrogen and oxygen atoms in total. The third kappa shape index (κ3) is 5.51. The average Bonchev–Trinajstić information content (AvgIpc) is 3.30. The third-order valence-corrected chi connectivity index (χ3v) is 5.04. The number of carbonyl (C=O) groups excluding carboxylic acids is 1. The van der Waals surface area contributed by atoms with Crippen LogP contribution >= 0.6 is 0 Å². The van der Waals surface area contributed by atoms with E-state index in [9.17, 15) is 9.59 Å². The van der Waals surface area contributed by atoms with Gasteiger partial charge in [0.1, 0.15) is 5.75 Å². The average molecular weight is 429 g/mol. The largest absolute Gasteiger partial charge is 0.483 e. The van der Waals surface area contributed by atoms with Crippen LogP contribution in [0.2, 0.25) is 0 Å². The molecular weight excluding hydrogens is 406 g/mol. The molecule has 0 atom stereocenters. The Kier molecular flexibility index (Phi) is 6.46. The molecule has 4 aromatic rings. The first-order valence-corrected chi connectivity index (χ1v) is 10.3. The molecule has 0 fully saturated rings. The number of carboxylic acid groups (broad SMARTS) is 1. The number of nitrogens with one attached hydrogen (secondary N) is 1. The number of rotatable bonds is 9. The van der Waals surface area contributed by atoms with Crippen LogP contribution in [0.1, 0.15) is 17.5 Å². The van der Waals surface area contributed by atoms with Crippen molar-refractivity contribution in [1.82, 2.24) is 9.78 Å². The van der Waals surface area contributed by atoms with Gasteiger partial charge < -0.3 is 15.2 Å². The molecule has 2 N–H and O–H groups in total. The number of carbonyl (C=O) groups is 2. The summed E-state index contributed by atoms with van der Waals surface area (Å²) >= 11 is 0. The van der Waals surface area contributed by atoms with Crippen molar-refractivity contribution < 1.29 is 19.4 Å². The van der Waals surface area contributed by atoms with E-state index in [-0.39, 0.29) is 18.9 Å². The molecule has 32 heavy (non-hydrogen) atoms. The molecule has 0 spiro atoms. The molecular formula is C25H23N3O4. The van der Waals surface area contributed by atoms with Gasteiger partial charge in [-0.15, -0.1) is 0 Å². The number of hydrogen-bond donors (Lipinski definition) is 2. The molecule has 0 unspecified atom stereocenters. The Bertz CT molecular complexity index is 1240. The van der Waals surface area contributed by atoms with Gasteiger partial charge in [-0.25, -0.2) is 0 Å². The van der Waals surface area contributed by atoms with Gasteiger partial charge in [0.2, 0.25) is 0 Å². The lowest BCUT2D eigenvalue weighted by molar-refractivity contribution is -0.137. The van der Waals surface area contributed by atoms with Gasteiger partial charge in [0, 0.05) is 24.5 Å². The molecule has 4 rings (SSSR count). The number of aromatic nitrogens is 2. The molecule has 0 bridgehead atoms. The summed E-state index contributed by atoms with van der Waals surface area (Å²) in [7, 11) is 0. The zero-order valence-corrected chi connectivity index (χ0v) is 17.4. The minimum Gasteiger partial charge on any atom is -0.483 e. The third-order valence-electron chi connectivity index (χ3n) is 5.04. The second kappa shape index (κ2) is 9.78. The minimum atomic E-state index is -0.884. The Hall–Kier alpha value is -4.13. The monoisotopic (exact) mass is 429 g/mol. The minimum absolute atomic E-state index is 0.0157. The van der Waals surface area contributed by atoms with Crippen molar-refractivity contribution in [2.75, 3.05) is 11.9 Å². The van der Waals surface area contributed by atoms with E-state index in [1.54, 1.807) is 10.9 Å². The van der Waals surface area contributed by atoms with Crippen molar-refractivity contribution in [3.05, 3.63) is 90.3 Å². The topological polar surface area (TPSA) is 93.4 Å². The van der Waals surface area contributed by atoms with E-state index in [0.29, 0.717) is 24.4 Å². The Balaban J connectivity index is 1.45. The van der Waals surface area contributed by atoms with E-state index in [1.165, 1.54) is 0 Å². The molecule has 7 heteroatoms. The van der Waals surface area contributed by atoms with Gasteiger partial charge in [0.05, 0.1) is 6.54 Å². The number of anilines is 1. The summed E-state index contributed by atoms with van der Waals surface area (Å²) in [6.45, 7) is 0.365. The van der Waals surface area contributed by atoms with E-state index in [1.807, 2.05) is 72.9 Å². The Labute approximate surface area is 185 Å². The fraction of sp³-hybridized carbons (Fsp3) is 0.160. The van der Waals surface area contributed by atoms with Crippen molar-refractivity contribution >= 4 is 28.3 Å². The van der Waals surface area contributed by atoms with Crippen molar-refractivity contribution in [3.8, 4) is 5.75 Å². The van der Waals surface area contributed by atoms with E-state index in [4.69, 9.17) is 9.84 Å². The molecule has 0 saturated heterocycles. The summed E-state index contributed by atoms with van der Waals surface area (Å²) in [4.78, 5) is 23.5. The Morgan fingerprint density at radius 1 is 1.00 bits per heavy atom. The fourth-order valence-corrected chi connectivity index (χ4v) is 3.47. The lowest BCUT2D eigenvalue weighted by Gasteiger charge is -2.14. The highest BCUT2D eigenvalue weighted by molar-refractivity contribution is 5.95.